The molecule has 0 saturated carbocycles. The third kappa shape index (κ3) is 3.16. The van der Waals surface area contributed by atoms with E-state index in [9.17, 15) is 9.59 Å². The van der Waals surface area contributed by atoms with Crippen LogP contribution >= 0.6 is 22.9 Å². The minimum absolute atomic E-state index is 0.0210. The number of hydrogen-bond donors (Lipinski definition) is 0. The van der Waals surface area contributed by atoms with E-state index in [0.717, 1.165) is 11.1 Å². The molecule has 0 N–H and O–H groups in total. The van der Waals surface area contributed by atoms with Gasteiger partial charge in [-0.3, -0.25) is 14.5 Å². The SMILES string of the molecule is CC(C)(C)c1ccc([C@@H]2c3c(oc4ccc(Cl)cc4c3=O)C(=O)N2c2nncs2)cc1. The second-order valence-corrected chi connectivity index (χ2v) is 9.73. The van der Waals surface area contributed by atoms with Crippen molar-refractivity contribution in [2.75, 3.05) is 4.90 Å². The van der Waals surface area contributed by atoms with Gasteiger partial charge in [-0.25, -0.2) is 0 Å². The van der Waals surface area contributed by atoms with E-state index in [1.165, 1.54) is 16.2 Å². The van der Waals surface area contributed by atoms with Crippen LogP contribution in [0.25, 0.3) is 11.0 Å². The van der Waals surface area contributed by atoms with E-state index in [-0.39, 0.29) is 16.6 Å². The van der Waals surface area contributed by atoms with E-state index in [0.29, 0.717) is 26.7 Å². The first-order chi connectivity index (χ1) is 14.8. The molecule has 2 aromatic carbocycles. The van der Waals surface area contributed by atoms with Crippen molar-refractivity contribution in [2.45, 2.75) is 32.2 Å². The smallest absolute Gasteiger partial charge is 0.297 e. The molecule has 1 aliphatic rings. The zero-order valence-electron chi connectivity index (χ0n) is 17.0. The Morgan fingerprint density at radius 1 is 1.10 bits per heavy atom. The molecule has 1 aliphatic heterocycles. The lowest BCUT2D eigenvalue weighted by Gasteiger charge is -2.24. The topological polar surface area (TPSA) is 76.3 Å². The van der Waals surface area contributed by atoms with Gasteiger partial charge in [0.15, 0.2) is 5.43 Å². The molecule has 1 atom stereocenters. The van der Waals surface area contributed by atoms with Gasteiger partial charge in [-0.05, 0) is 34.7 Å². The van der Waals surface area contributed by atoms with E-state index < -0.39 is 11.9 Å². The predicted molar refractivity (Wildman–Crippen MR) is 121 cm³/mol. The minimum atomic E-state index is -0.663. The van der Waals surface area contributed by atoms with Gasteiger partial charge in [0, 0.05) is 5.02 Å². The Morgan fingerprint density at radius 2 is 1.84 bits per heavy atom. The molecule has 5 rings (SSSR count). The van der Waals surface area contributed by atoms with Crippen molar-refractivity contribution in [1.82, 2.24) is 10.2 Å². The Kier molecular flexibility index (Phi) is 4.50. The molecule has 0 fully saturated rings. The third-order valence-corrected chi connectivity index (χ3v) is 6.40. The van der Waals surface area contributed by atoms with Crippen LogP contribution in [0.1, 0.15) is 54.1 Å². The van der Waals surface area contributed by atoms with Gasteiger partial charge in [0.2, 0.25) is 10.9 Å². The number of anilines is 1. The summed E-state index contributed by atoms with van der Waals surface area (Å²) >= 11 is 7.35. The normalized spacial score (nSPS) is 16.2. The fourth-order valence-electron chi connectivity index (χ4n) is 3.90. The quantitative estimate of drug-likeness (QED) is 0.411. The predicted octanol–water partition coefficient (Wildman–Crippen LogP) is 5.35. The molecule has 0 saturated heterocycles. The van der Waals surface area contributed by atoms with Crippen LogP contribution in [0.2, 0.25) is 5.02 Å². The van der Waals surface area contributed by atoms with Crippen molar-refractivity contribution >= 4 is 44.9 Å². The third-order valence-electron chi connectivity index (χ3n) is 5.48. The highest BCUT2D eigenvalue weighted by Crippen LogP contribution is 2.42. The second kappa shape index (κ2) is 7.00. The molecule has 4 aromatic rings. The van der Waals surface area contributed by atoms with Crippen molar-refractivity contribution in [2.24, 2.45) is 0 Å². The average Bonchev–Trinajstić information content (AvgIpc) is 3.35. The van der Waals surface area contributed by atoms with E-state index in [1.54, 1.807) is 23.7 Å². The molecule has 0 unspecified atom stereocenters. The number of halogens is 1. The summed E-state index contributed by atoms with van der Waals surface area (Å²) in [5, 5.41) is 9.14. The van der Waals surface area contributed by atoms with E-state index in [4.69, 9.17) is 16.0 Å². The van der Waals surface area contributed by atoms with Gasteiger partial charge in [0.05, 0.1) is 17.0 Å². The molecule has 31 heavy (non-hydrogen) atoms. The number of nitrogens with zero attached hydrogens (tertiary/aromatic N) is 3. The van der Waals surface area contributed by atoms with Crippen molar-refractivity contribution in [3.63, 3.8) is 0 Å². The summed E-state index contributed by atoms with van der Waals surface area (Å²) in [4.78, 5) is 28.4. The van der Waals surface area contributed by atoms with Crippen LogP contribution in [-0.4, -0.2) is 16.1 Å². The highest BCUT2D eigenvalue weighted by Gasteiger charge is 2.45. The number of hydrogen-bond acceptors (Lipinski definition) is 6. The monoisotopic (exact) mass is 451 g/mol. The zero-order chi connectivity index (χ0) is 21.9. The molecule has 1 amide bonds. The summed E-state index contributed by atoms with van der Waals surface area (Å²) in [7, 11) is 0. The molecule has 0 bridgehead atoms. The standard InChI is InChI=1S/C23H18ClN3O3S/c1-23(2,3)13-6-4-12(5-7-13)18-17-19(28)15-10-14(24)8-9-16(15)30-20(17)21(29)27(18)22-26-25-11-31-22/h4-11,18H,1-3H3/t18-/m1/s1. The fourth-order valence-corrected chi connectivity index (χ4v) is 4.65. The summed E-state index contributed by atoms with van der Waals surface area (Å²) in [6.45, 7) is 6.40. The highest BCUT2D eigenvalue weighted by molar-refractivity contribution is 7.13. The second-order valence-electron chi connectivity index (χ2n) is 8.49. The van der Waals surface area contributed by atoms with Crippen LogP contribution in [0.4, 0.5) is 5.13 Å². The van der Waals surface area contributed by atoms with Gasteiger partial charge in [0.25, 0.3) is 5.91 Å². The summed E-state index contributed by atoms with van der Waals surface area (Å²) in [6.07, 6.45) is 0. The first-order valence-corrected chi connectivity index (χ1v) is 11.0. The lowest BCUT2D eigenvalue weighted by molar-refractivity contribution is 0.0970. The van der Waals surface area contributed by atoms with Gasteiger partial charge in [-0.2, -0.15) is 0 Å². The van der Waals surface area contributed by atoms with Gasteiger partial charge in [-0.15, -0.1) is 10.2 Å². The number of carbonyl (C=O) groups excluding carboxylic acids is 1. The van der Waals surface area contributed by atoms with E-state index >= 15 is 0 Å². The molecule has 8 heteroatoms. The van der Waals surface area contributed by atoms with Crippen LogP contribution in [0.3, 0.4) is 0 Å². The maximum absolute atomic E-state index is 13.5. The zero-order valence-corrected chi connectivity index (χ0v) is 18.6. The summed E-state index contributed by atoms with van der Waals surface area (Å²) < 4.78 is 5.92. The number of rotatable bonds is 2. The van der Waals surface area contributed by atoms with Crippen LogP contribution < -0.4 is 10.3 Å². The van der Waals surface area contributed by atoms with Crippen LogP contribution in [0.5, 0.6) is 0 Å². The molecular weight excluding hydrogens is 434 g/mol. The molecule has 156 valence electrons. The molecule has 0 radical (unpaired) electrons. The molecule has 0 aliphatic carbocycles. The van der Waals surface area contributed by atoms with Crippen molar-refractivity contribution < 1.29 is 9.21 Å². The van der Waals surface area contributed by atoms with Crippen molar-refractivity contribution in [3.8, 4) is 0 Å². The maximum atomic E-state index is 13.5. The number of amides is 1. The van der Waals surface area contributed by atoms with Crippen LogP contribution in [0.15, 0.2) is 57.2 Å². The highest BCUT2D eigenvalue weighted by atomic mass is 35.5. The van der Waals surface area contributed by atoms with Crippen molar-refractivity contribution in [1.29, 1.82) is 0 Å². The van der Waals surface area contributed by atoms with Gasteiger partial charge >= 0.3 is 0 Å². The molecule has 3 heterocycles. The molecular formula is C23H18ClN3O3S. The number of fused-ring (bicyclic) bond motifs is 2. The summed E-state index contributed by atoms with van der Waals surface area (Å²) in [5.41, 5.74) is 3.82. The number of carbonyl (C=O) groups is 1. The summed E-state index contributed by atoms with van der Waals surface area (Å²) in [6, 6.07) is 12.1. The largest absolute Gasteiger partial charge is 0.450 e. The molecule has 0 spiro atoms. The van der Waals surface area contributed by atoms with E-state index in [1.807, 2.05) is 24.3 Å². The minimum Gasteiger partial charge on any atom is -0.450 e. The average molecular weight is 452 g/mol. The van der Waals surface area contributed by atoms with Crippen molar-refractivity contribution in [3.05, 3.63) is 85.7 Å². The Hall–Kier alpha value is -3.03. The molecule has 6 nitrogen and oxygen atoms in total. The van der Waals surface area contributed by atoms with Crippen LogP contribution in [0, 0.1) is 0 Å². The lowest BCUT2D eigenvalue weighted by atomic mass is 9.86. The summed E-state index contributed by atoms with van der Waals surface area (Å²) in [5.74, 6) is -0.384. The lowest BCUT2D eigenvalue weighted by Crippen LogP contribution is -2.29. The Balaban J connectivity index is 1.77. The first kappa shape index (κ1) is 19.9. The Labute approximate surface area is 187 Å². The van der Waals surface area contributed by atoms with Gasteiger partial charge in [-0.1, -0.05) is 68.0 Å². The van der Waals surface area contributed by atoms with Crippen LogP contribution in [-0.2, 0) is 5.41 Å². The van der Waals surface area contributed by atoms with Gasteiger partial charge in [0.1, 0.15) is 11.1 Å². The Morgan fingerprint density at radius 3 is 2.48 bits per heavy atom. The number of benzene rings is 2. The molecule has 2 aromatic heterocycles. The van der Waals surface area contributed by atoms with Gasteiger partial charge < -0.3 is 4.42 Å². The first-order valence-electron chi connectivity index (χ1n) is 9.72. The maximum Gasteiger partial charge on any atom is 0.297 e. The Bertz CT molecular complexity index is 1370. The van der Waals surface area contributed by atoms with E-state index in [2.05, 4.69) is 31.0 Å². The fraction of sp³-hybridized carbons (Fsp3) is 0.217. The number of aromatic nitrogens is 2.